The van der Waals surface area contributed by atoms with E-state index < -0.39 is 0 Å². The van der Waals surface area contributed by atoms with Gasteiger partial charge in [-0.1, -0.05) is 31.5 Å². The molecule has 0 spiro atoms. The maximum atomic E-state index is 5.44. The Bertz CT molecular complexity index is 375. The van der Waals surface area contributed by atoms with Crippen molar-refractivity contribution in [1.29, 1.82) is 0 Å². The van der Waals surface area contributed by atoms with E-state index in [4.69, 9.17) is 4.74 Å². The summed E-state index contributed by atoms with van der Waals surface area (Å²) in [7, 11) is 1.75. The third-order valence-electron chi connectivity index (χ3n) is 3.92. The summed E-state index contributed by atoms with van der Waals surface area (Å²) < 4.78 is 5.44. The molecule has 1 atom stereocenters. The Kier molecular flexibility index (Phi) is 5.67. The second-order valence-electron chi connectivity index (χ2n) is 5.29. The number of rotatable bonds is 6. The third-order valence-corrected chi connectivity index (χ3v) is 3.92. The van der Waals surface area contributed by atoms with Gasteiger partial charge in [0.05, 0.1) is 7.11 Å². The highest BCUT2D eigenvalue weighted by Crippen LogP contribution is 2.19. The van der Waals surface area contributed by atoms with Gasteiger partial charge >= 0.3 is 0 Å². The number of hydrogen-bond acceptors (Lipinski definition) is 3. The van der Waals surface area contributed by atoms with E-state index in [1.807, 2.05) is 12.1 Å². The monoisotopic (exact) mass is 262 g/mol. The lowest BCUT2D eigenvalue weighted by Gasteiger charge is -2.30. The molecule has 19 heavy (non-hydrogen) atoms. The number of para-hydroxylation sites is 1. The molecule has 2 rings (SSSR count). The SMILES string of the molecule is CCN(Cc1ccccc1OC)CC1CCCCN1. The average molecular weight is 262 g/mol. The molecule has 0 amide bonds. The van der Waals surface area contributed by atoms with Crippen LogP contribution in [0.15, 0.2) is 24.3 Å². The van der Waals surface area contributed by atoms with Crippen LogP contribution in [0.4, 0.5) is 0 Å². The zero-order valence-electron chi connectivity index (χ0n) is 12.2. The summed E-state index contributed by atoms with van der Waals surface area (Å²) in [5.74, 6) is 0.998. The second-order valence-corrected chi connectivity index (χ2v) is 5.29. The van der Waals surface area contributed by atoms with E-state index in [0.717, 1.165) is 25.4 Å². The first-order valence-electron chi connectivity index (χ1n) is 7.41. The number of nitrogens with zero attached hydrogens (tertiary/aromatic N) is 1. The highest BCUT2D eigenvalue weighted by atomic mass is 16.5. The number of piperidine rings is 1. The fourth-order valence-electron chi connectivity index (χ4n) is 2.77. The van der Waals surface area contributed by atoms with E-state index in [-0.39, 0.29) is 0 Å². The van der Waals surface area contributed by atoms with E-state index in [9.17, 15) is 0 Å². The molecule has 1 fully saturated rings. The molecule has 1 aromatic carbocycles. The quantitative estimate of drug-likeness (QED) is 0.853. The van der Waals surface area contributed by atoms with Crippen LogP contribution >= 0.6 is 0 Å². The second kappa shape index (κ2) is 7.51. The maximum absolute atomic E-state index is 5.44. The Morgan fingerprint density at radius 3 is 2.84 bits per heavy atom. The molecule has 1 aliphatic heterocycles. The Labute approximate surface area is 116 Å². The van der Waals surface area contributed by atoms with E-state index in [1.165, 1.54) is 31.4 Å². The first-order valence-corrected chi connectivity index (χ1v) is 7.41. The predicted molar refractivity (Wildman–Crippen MR) is 79.6 cm³/mol. The van der Waals surface area contributed by atoms with Gasteiger partial charge in [-0.3, -0.25) is 4.90 Å². The van der Waals surface area contributed by atoms with E-state index >= 15 is 0 Å². The van der Waals surface area contributed by atoms with Crippen molar-refractivity contribution in [3.05, 3.63) is 29.8 Å². The molecule has 0 aliphatic carbocycles. The fraction of sp³-hybridized carbons (Fsp3) is 0.625. The van der Waals surface area contributed by atoms with Crippen LogP contribution in [0.25, 0.3) is 0 Å². The molecule has 1 aliphatic rings. The summed E-state index contributed by atoms with van der Waals surface area (Å²) in [4.78, 5) is 2.50. The molecule has 0 radical (unpaired) electrons. The number of methoxy groups -OCH3 is 1. The molecule has 1 unspecified atom stereocenters. The Hall–Kier alpha value is -1.06. The van der Waals surface area contributed by atoms with Crippen molar-refractivity contribution in [2.45, 2.75) is 38.8 Å². The minimum absolute atomic E-state index is 0.656. The van der Waals surface area contributed by atoms with Crippen molar-refractivity contribution in [3.63, 3.8) is 0 Å². The first-order chi connectivity index (χ1) is 9.33. The van der Waals surface area contributed by atoms with Gasteiger partial charge in [0, 0.05) is 24.7 Å². The van der Waals surface area contributed by atoms with Crippen LogP contribution in [0.1, 0.15) is 31.7 Å². The van der Waals surface area contributed by atoms with Gasteiger partial charge in [-0.2, -0.15) is 0 Å². The van der Waals surface area contributed by atoms with Crippen LogP contribution in [-0.2, 0) is 6.54 Å². The topological polar surface area (TPSA) is 24.5 Å². The fourth-order valence-corrected chi connectivity index (χ4v) is 2.77. The standard InChI is InChI=1S/C16H26N2O/c1-3-18(13-15-9-6-7-11-17-15)12-14-8-4-5-10-16(14)19-2/h4-5,8,10,15,17H,3,6-7,9,11-13H2,1-2H3. The van der Waals surface area contributed by atoms with Crippen molar-refractivity contribution in [1.82, 2.24) is 10.2 Å². The zero-order chi connectivity index (χ0) is 13.5. The smallest absolute Gasteiger partial charge is 0.123 e. The van der Waals surface area contributed by atoms with Gasteiger partial charge in [0.15, 0.2) is 0 Å². The molecule has 0 bridgehead atoms. The molecule has 1 N–H and O–H groups in total. The zero-order valence-corrected chi connectivity index (χ0v) is 12.2. The minimum atomic E-state index is 0.656. The van der Waals surface area contributed by atoms with E-state index in [1.54, 1.807) is 7.11 Å². The molecule has 106 valence electrons. The first kappa shape index (κ1) is 14.4. The third kappa shape index (κ3) is 4.22. The molecule has 1 aromatic rings. The largest absolute Gasteiger partial charge is 0.496 e. The van der Waals surface area contributed by atoms with Crippen molar-refractivity contribution in [2.24, 2.45) is 0 Å². The van der Waals surface area contributed by atoms with Crippen molar-refractivity contribution >= 4 is 0 Å². The maximum Gasteiger partial charge on any atom is 0.123 e. The normalized spacial score (nSPS) is 19.6. The van der Waals surface area contributed by atoms with Crippen LogP contribution < -0.4 is 10.1 Å². The summed E-state index contributed by atoms with van der Waals surface area (Å²) in [6.45, 7) is 6.60. The molecule has 0 aromatic heterocycles. The van der Waals surface area contributed by atoms with Gasteiger partial charge in [0.2, 0.25) is 0 Å². The predicted octanol–water partition coefficient (Wildman–Crippen LogP) is 2.66. The highest BCUT2D eigenvalue weighted by molar-refractivity contribution is 5.33. The summed E-state index contributed by atoms with van der Waals surface area (Å²) >= 11 is 0. The molecular weight excluding hydrogens is 236 g/mol. The van der Waals surface area contributed by atoms with Gasteiger partial charge in [-0.15, -0.1) is 0 Å². The Balaban J connectivity index is 1.94. The van der Waals surface area contributed by atoms with Crippen molar-refractivity contribution in [2.75, 3.05) is 26.7 Å². The van der Waals surface area contributed by atoms with Crippen molar-refractivity contribution < 1.29 is 4.74 Å². The Morgan fingerprint density at radius 2 is 2.16 bits per heavy atom. The number of benzene rings is 1. The van der Waals surface area contributed by atoms with Crippen LogP contribution in [0.3, 0.4) is 0 Å². The minimum Gasteiger partial charge on any atom is -0.496 e. The van der Waals surface area contributed by atoms with Gasteiger partial charge < -0.3 is 10.1 Å². The lowest BCUT2D eigenvalue weighted by molar-refractivity contribution is 0.224. The molecule has 1 saturated heterocycles. The molecule has 3 nitrogen and oxygen atoms in total. The average Bonchev–Trinajstić information content (AvgIpc) is 2.48. The summed E-state index contributed by atoms with van der Waals surface area (Å²) in [5.41, 5.74) is 1.28. The summed E-state index contributed by atoms with van der Waals surface area (Å²) in [6.07, 6.45) is 4.00. The van der Waals surface area contributed by atoms with Gasteiger partial charge in [0.1, 0.15) is 5.75 Å². The van der Waals surface area contributed by atoms with E-state index in [0.29, 0.717) is 6.04 Å². The Morgan fingerprint density at radius 1 is 1.32 bits per heavy atom. The van der Waals surface area contributed by atoms with Crippen LogP contribution in [0.5, 0.6) is 5.75 Å². The lowest BCUT2D eigenvalue weighted by Crippen LogP contribution is -2.43. The number of hydrogen-bond donors (Lipinski definition) is 1. The van der Waals surface area contributed by atoms with Crippen molar-refractivity contribution in [3.8, 4) is 5.75 Å². The van der Waals surface area contributed by atoms with Crippen LogP contribution in [0.2, 0.25) is 0 Å². The highest BCUT2D eigenvalue weighted by Gasteiger charge is 2.16. The van der Waals surface area contributed by atoms with Crippen LogP contribution in [-0.4, -0.2) is 37.7 Å². The van der Waals surface area contributed by atoms with Crippen LogP contribution in [0, 0.1) is 0 Å². The summed E-state index contributed by atoms with van der Waals surface area (Å²) in [5, 5.41) is 3.63. The molecule has 1 heterocycles. The number of nitrogens with one attached hydrogen (secondary N) is 1. The lowest BCUT2D eigenvalue weighted by atomic mass is 10.0. The number of ether oxygens (including phenoxy) is 1. The van der Waals surface area contributed by atoms with E-state index in [2.05, 4.69) is 29.3 Å². The molecular formula is C16H26N2O. The number of likely N-dealkylation sites (N-methyl/N-ethyl adjacent to an activating group) is 1. The van der Waals surface area contributed by atoms with Gasteiger partial charge in [0.25, 0.3) is 0 Å². The summed E-state index contributed by atoms with van der Waals surface area (Å²) in [6, 6.07) is 8.98. The van der Waals surface area contributed by atoms with Gasteiger partial charge in [-0.25, -0.2) is 0 Å². The molecule has 0 saturated carbocycles. The molecule has 3 heteroatoms. The van der Waals surface area contributed by atoms with Gasteiger partial charge in [-0.05, 0) is 32.0 Å².